The molecule has 0 aromatic carbocycles. The molecule has 2 rings (SSSR count). The second-order valence-corrected chi connectivity index (χ2v) is 4.13. The largest absolute Gasteiger partial charge is 0.472 e. The fourth-order valence-corrected chi connectivity index (χ4v) is 1.65. The third-order valence-corrected chi connectivity index (χ3v) is 2.69. The summed E-state index contributed by atoms with van der Waals surface area (Å²) in [6, 6.07) is 4.04. The molecule has 2 heterocycles. The number of halogens is 1. The first-order valence-electron chi connectivity index (χ1n) is 5.07. The first-order chi connectivity index (χ1) is 7.66. The number of nitrogens with zero attached hydrogens (tertiary/aromatic N) is 1. The van der Waals surface area contributed by atoms with E-state index in [0.717, 1.165) is 16.8 Å². The van der Waals surface area contributed by atoms with Crippen LogP contribution in [-0.2, 0) is 0 Å². The third-order valence-electron chi connectivity index (χ3n) is 2.39. The van der Waals surface area contributed by atoms with E-state index in [1.807, 2.05) is 26.0 Å². The van der Waals surface area contributed by atoms with Gasteiger partial charge >= 0.3 is 0 Å². The smallest absolute Gasteiger partial charge is 0.152 e. The van der Waals surface area contributed by atoms with Gasteiger partial charge in [-0.15, -0.1) is 0 Å². The predicted molar refractivity (Wildman–Crippen MR) is 64.7 cm³/mol. The molecule has 0 aliphatic heterocycles. The number of pyridine rings is 1. The second kappa shape index (κ2) is 4.58. The van der Waals surface area contributed by atoms with Crippen molar-refractivity contribution in [3.05, 3.63) is 47.1 Å². The molecule has 0 amide bonds. The molecule has 0 spiro atoms. The lowest BCUT2D eigenvalue weighted by molar-refractivity contribution is 0.562. The van der Waals surface area contributed by atoms with Crippen molar-refractivity contribution in [2.45, 2.75) is 19.9 Å². The van der Waals surface area contributed by atoms with Crippen LogP contribution in [0.25, 0.3) is 0 Å². The minimum Gasteiger partial charge on any atom is -0.472 e. The second-order valence-electron chi connectivity index (χ2n) is 3.77. The lowest BCUT2D eigenvalue weighted by Gasteiger charge is -2.14. The number of hydrogen-bond acceptors (Lipinski definition) is 3. The number of hydrogen-bond donors (Lipinski definition) is 1. The molecular formula is C12H13ClN2O. The molecule has 2 aromatic rings. The van der Waals surface area contributed by atoms with Gasteiger partial charge in [-0.3, -0.25) is 0 Å². The molecule has 0 saturated carbocycles. The standard InChI is InChI=1S/C12H13ClN2O/c1-8-5-11(12(13)14-6-8)15-9(2)10-3-4-16-7-10/h3-7,9,15H,1-2H3. The highest BCUT2D eigenvalue weighted by Gasteiger charge is 2.09. The summed E-state index contributed by atoms with van der Waals surface area (Å²) in [6.45, 7) is 4.03. The van der Waals surface area contributed by atoms with E-state index in [1.165, 1.54) is 0 Å². The molecule has 84 valence electrons. The predicted octanol–water partition coefficient (Wildman–Crippen LogP) is 3.81. The molecular weight excluding hydrogens is 224 g/mol. The average Bonchev–Trinajstić information content (AvgIpc) is 2.76. The van der Waals surface area contributed by atoms with Crippen molar-refractivity contribution in [1.82, 2.24) is 4.98 Å². The Bertz CT molecular complexity index is 468. The van der Waals surface area contributed by atoms with Crippen LogP contribution in [0, 0.1) is 6.92 Å². The minimum atomic E-state index is 0.139. The van der Waals surface area contributed by atoms with Crippen LogP contribution in [-0.4, -0.2) is 4.98 Å². The van der Waals surface area contributed by atoms with Crippen LogP contribution >= 0.6 is 11.6 Å². The highest BCUT2D eigenvalue weighted by atomic mass is 35.5. The minimum absolute atomic E-state index is 0.139. The van der Waals surface area contributed by atoms with Crippen LogP contribution < -0.4 is 5.32 Å². The zero-order valence-corrected chi connectivity index (χ0v) is 9.95. The van der Waals surface area contributed by atoms with Gasteiger partial charge in [-0.2, -0.15) is 0 Å². The van der Waals surface area contributed by atoms with E-state index in [4.69, 9.17) is 16.0 Å². The van der Waals surface area contributed by atoms with Crippen molar-refractivity contribution in [2.75, 3.05) is 5.32 Å². The fourth-order valence-electron chi connectivity index (χ4n) is 1.49. The summed E-state index contributed by atoms with van der Waals surface area (Å²) in [5, 5.41) is 3.79. The lowest BCUT2D eigenvalue weighted by atomic mass is 10.1. The van der Waals surface area contributed by atoms with Gasteiger partial charge in [0.05, 0.1) is 24.3 Å². The maximum Gasteiger partial charge on any atom is 0.152 e. The number of aryl methyl sites for hydroxylation is 1. The Morgan fingerprint density at radius 1 is 1.50 bits per heavy atom. The Hall–Kier alpha value is -1.48. The topological polar surface area (TPSA) is 38.1 Å². The van der Waals surface area contributed by atoms with Crippen LogP contribution in [0.5, 0.6) is 0 Å². The first-order valence-corrected chi connectivity index (χ1v) is 5.45. The van der Waals surface area contributed by atoms with Crippen LogP contribution in [0.1, 0.15) is 24.1 Å². The van der Waals surface area contributed by atoms with Gasteiger partial charge in [0.1, 0.15) is 0 Å². The Morgan fingerprint density at radius 3 is 3.00 bits per heavy atom. The van der Waals surface area contributed by atoms with E-state index < -0.39 is 0 Å². The van der Waals surface area contributed by atoms with Crippen molar-refractivity contribution in [3.63, 3.8) is 0 Å². The molecule has 0 fully saturated rings. The number of furan rings is 1. The van der Waals surface area contributed by atoms with Gasteiger partial charge in [0.25, 0.3) is 0 Å². The number of rotatable bonds is 3. The highest BCUT2D eigenvalue weighted by Crippen LogP contribution is 2.25. The third kappa shape index (κ3) is 2.36. The van der Waals surface area contributed by atoms with Crippen molar-refractivity contribution in [1.29, 1.82) is 0 Å². The Kier molecular flexibility index (Phi) is 3.15. The maximum atomic E-state index is 6.00. The monoisotopic (exact) mass is 236 g/mol. The van der Waals surface area contributed by atoms with Gasteiger partial charge in [-0.1, -0.05) is 11.6 Å². The zero-order chi connectivity index (χ0) is 11.5. The van der Waals surface area contributed by atoms with Crippen molar-refractivity contribution < 1.29 is 4.42 Å². The van der Waals surface area contributed by atoms with E-state index >= 15 is 0 Å². The Morgan fingerprint density at radius 2 is 2.31 bits per heavy atom. The number of nitrogens with one attached hydrogen (secondary N) is 1. The molecule has 0 bridgehead atoms. The zero-order valence-electron chi connectivity index (χ0n) is 9.20. The summed E-state index contributed by atoms with van der Waals surface area (Å²) < 4.78 is 5.04. The van der Waals surface area contributed by atoms with Crippen LogP contribution in [0.2, 0.25) is 5.15 Å². The number of aromatic nitrogens is 1. The molecule has 16 heavy (non-hydrogen) atoms. The van der Waals surface area contributed by atoms with E-state index in [0.29, 0.717) is 5.15 Å². The molecule has 0 aliphatic rings. The van der Waals surface area contributed by atoms with Crippen LogP contribution in [0.3, 0.4) is 0 Å². The molecule has 0 saturated heterocycles. The lowest BCUT2D eigenvalue weighted by Crippen LogP contribution is -2.06. The van der Waals surface area contributed by atoms with Gasteiger partial charge in [-0.05, 0) is 31.5 Å². The highest BCUT2D eigenvalue weighted by molar-refractivity contribution is 6.31. The fraction of sp³-hybridized carbons (Fsp3) is 0.250. The van der Waals surface area contributed by atoms with Gasteiger partial charge in [0.2, 0.25) is 0 Å². The quantitative estimate of drug-likeness (QED) is 0.824. The average molecular weight is 237 g/mol. The molecule has 1 unspecified atom stereocenters. The molecule has 2 aromatic heterocycles. The summed E-state index contributed by atoms with van der Waals surface area (Å²) in [4.78, 5) is 4.09. The van der Waals surface area contributed by atoms with Gasteiger partial charge in [-0.25, -0.2) is 4.98 Å². The summed E-state index contributed by atoms with van der Waals surface area (Å²) in [5.41, 5.74) is 3.00. The van der Waals surface area contributed by atoms with Crippen LogP contribution in [0.15, 0.2) is 35.3 Å². The molecule has 1 N–H and O–H groups in total. The van der Waals surface area contributed by atoms with E-state index in [-0.39, 0.29) is 6.04 Å². The molecule has 0 aliphatic carbocycles. The Balaban J connectivity index is 2.17. The molecule has 1 atom stereocenters. The molecule has 4 heteroatoms. The molecule has 3 nitrogen and oxygen atoms in total. The van der Waals surface area contributed by atoms with Gasteiger partial charge in [0, 0.05) is 11.8 Å². The van der Waals surface area contributed by atoms with E-state index in [1.54, 1.807) is 18.7 Å². The maximum absolute atomic E-state index is 6.00. The first kappa shape index (κ1) is 11.0. The van der Waals surface area contributed by atoms with Crippen LogP contribution in [0.4, 0.5) is 5.69 Å². The van der Waals surface area contributed by atoms with E-state index in [2.05, 4.69) is 10.3 Å². The molecule has 0 radical (unpaired) electrons. The van der Waals surface area contributed by atoms with Crippen molar-refractivity contribution in [3.8, 4) is 0 Å². The normalized spacial score (nSPS) is 12.4. The van der Waals surface area contributed by atoms with Crippen molar-refractivity contribution >= 4 is 17.3 Å². The van der Waals surface area contributed by atoms with Gasteiger partial charge < -0.3 is 9.73 Å². The summed E-state index contributed by atoms with van der Waals surface area (Å²) >= 11 is 6.00. The SMILES string of the molecule is Cc1cnc(Cl)c(NC(C)c2ccoc2)c1. The summed E-state index contributed by atoms with van der Waals surface area (Å²) in [6.07, 6.45) is 5.12. The number of anilines is 1. The van der Waals surface area contributed by atoms with E-state index in [9.17, 15) is 0 Å². The van der Waals surface area contributed by atoms with Gasteiger partial charge in [0.15, 0.2) is 5.15 Å². The summed E-state index contributed by atoms with van der Waals surface area (Å²) in [5.74, 6) is 0. The van der Waals surface area contributed by atoms with Crippen molar-refractivity contribution in [2.24, 2.45) is 0 Å². The Labute approximate surface area is 99.5 Å². The summed E-state index contributed by atoms with van der Waals surface area (Å²) in [7, 11) is 0.